The average Bonchev–Trinajstić information content (AvgIpc) is 2.31. The number of carboxylic acid groups (broad SMARTS) is 1. The Kier molecular flexibility index (Phi) is 8.17. The Bertz CT molecular complexity index is 315. The number of urea groups is 1. The fourth-order valence-corrected chi connectivity index (χ4v) is 1.55. The highest BCUT2D eigenvalue weighted by molar-refractivity contribution is 5.83. The monoisotopic (exact) mass is 289 g/mol. The van der Waals surface area contributed by atoms with Gasteiger partial charge in [0.15, 0.2) is 0 Å². The molecule has 0 rings (SSSR count). The minimum atomic E-state index is -1.04. The van der Waals surface area contributed by atoms with E-state index in [2.05, 4.69) is 10.6 Å². The lowest BCUT2D eigenvalue weighted by Crippen LogP contribution is -2.52. The van der Waals surface area contributed by atoms with E-state index in [0.29, 0.717) is 19.7 Å². The van der Waals surface area contributed by atoms with Crippen LogP contribution in [0.15, 0.2) is 0 Å². The van der Waals surface area contributed by atoms with E-state index in [1.54, 1.807) is 27.9 Å². The predicted octanol–water partition coefficient (Wildman–Crippen LogP) is 0.363. The van der Waals surface area contributed by atoms with Crippen molar-refractivity contribution in [2.45, 2.75) is 26.8 Å². The summed E-state index contributed by atoms with van der Waals surface area (Å²) in [6.07, 6.45) is 0. The van der Waals surface area contributed by atoms with Crippen LogP contribution in [-0.2, 0) is 9.53 Å². The second-order valence-electron chi connectivity index (χ2n) is 5.83. The number of hydrogen-bond donors (Lipinski definition) is 3. The Labute approximate surface area is 120 Å². The van der Waals surface area contributed by atoms with Crippen molar-refractivity contribution in [2.75, 3.05) is 40.4 Å². The number of nitrogens with one attached hydrogen (secondary N) is 2. The van der Waals surface area contributed by atoms with Gasteiger partial charge in [0.1, 0.15) is 6.04 Å². The molecular weight excluding hydrogens is 262 g/mol. The van der Waals surface area contributed by atoms with Gasteiger partial charge in [0, 0.05) is 26.7 Å². The first-order valence-electron chi connectivity index (χ1n) is 6.63. The van der Waals surface area contributed by atoms with Crippen molar-refractivity contribution in [1.82, 2.24) is 15.5 Å². The third kappa shape index (κ3) is 7.96. The largest absolute Gasteiger partial charge is 0.480 e. The number of amides is 2. The topological polar surface area (TPSA) is 90.9 Å². The summed E-state index contributed by atoms with van der Waals surface area (Å²) in [5, 5.41) is 14.2. The Balaban J connectivity index is 4.07. The third-order valence-corrected chi connectivity index (χ3v) is 2.84. The lowest BCUT2D eigenvalue weighted by Gasteiger charge is -2.27. The smallest absolute Gasteiger partial charge is 0.326 e. The molecule has 0 aromatic carbocycles. The van der Waals surface area contributed by atoms with Gasteiger partial charge in [-0.3, -0.25) is 0 Å². The Morgan fingerprint density at radius 2 is 1.90 bits per heavy atom. The van der Waals surface area contributed by atoms with E-state index < -0.39 is 23.5 Å². The molecule has 3 N–H and O–H groups in total. The van der Waals surface area contributed by atoms with Crippen LogP contribution in [0, 0.1) is 5.41 Å². The molecule has 0 heterocycles. The Morgan fingerprint density at radius 3 is 2.35 bits per heavy atom. The van der Waals surface area contributed by atoms with Crippen LogP contribution in [0.2, 0.25) is 0 Å². The predicted molar refractivity (Wildman–Crippen MR) is 76.8 cm³/mol. The second kappa shape index (κ2) is 8.76. The first-order valence-corrected chi connectivity index (χ1v) is 6.63. The van der Waals surface area contributed by atoms with Crippen LogP contribution in [0.3, 0.4) is 0 Å². The number of carbonyl (C=O) groups is 2. The molecule has 2 amide bonds. The third-order valence-electron chi connectivity index (χ3n) is 2.84. The molecule has 0 saturated heterocycles. The summed E-state index contributed by atoms with van der Waals surface area (Å²) in [5.74, 6) is -1.04. The van der Waals surface area contributed by atoms with Crippen LogP contribution in [0.4, 0.5) is 4.79 Å². The molecular formula is C13H27N3O4. The number of likely N-dealkylation sites (N-methyl/N-ethyl adjacent to an activating group) is 1. The van der Waals surface area contributed by atoms with Crippen LogP contribution in [0.5, 0.6) is 0 Å². The van der Waals surface area contributed by atoms with Crippen molar-refractivity contribution in [2.24, 2.45) is 5.41 Å². The van der Waals surface area contributed by atoms with Crippen LogP contribution < -0.4 is 10.6 Å². The van der Waals surface area contributed by atoms with Crippen LogP contribution in [0.1, 0.15) is 20.8 Å². The summed E-state index contributed by atoms with van der Waals surface area (Å²) in [6, 6.07) is -1.39. The number of carbonyl (C=O) groups excluding carboxylic acids is 1. The standard InChI is InChI=1S/C13H27N3O4/c1-13(2,3)10(11(17)18)15-12(19)14-6-7-16(4)8-9-20-5/h10H,6-9H2,1-5H3,(H,17,18)(H2,14,15,19). The van der Waals surface area contributed by atoms with Crippen LogP contribution >= 0.6 is 0 Å². The zero-order valence-electron chi connectivity index (χ0n) is 13.0. The van der Waals surface area contributed by atoms with Gasteiger partial charge < -0.3 is 25.4 Å². The number of rotatable bonds is 8. The summed E-state index contributed by atoms with van der Waals surface area (Å²) in [4.78, 5) is 24.8. The molecule has 7 nitrogen and oxygen atoms in total. The number of carboxylic acids is 1. The number of hydrogen-bond acceptors (Lipinski definition) is 4. The number of ether oxygens (including phenoxy) is 1. The zero-order valence-corrected chi connectivity index (χ0v) is 13.0. The highest BCUT2D eigenvalue weighted by Gasteiger charge is 2.32. The first kappa shape index (κ1) is 18.7. The Morgan fingerprint density at radius 1 is 1.30 bits per heavy atom. The molecule has 0 aromatic heterocycles. The zero-order chi connectivity index (χ0) is 15.8. The van der Waals surface area contributed by atoms with E-state index in [4.69, 9.17) is 9.84 Å². The molecule has 118 valence electrons. The average molecular weight is 289 g/mol. The number of aliphatic carboxylic acids is 1. The Hall–Kier alpha value is -1.34. The fourth-order valence-electron chi connectivity index (χ4n) is 1.55. The van der Waals surface area contributed by atoms with Gasteiger partial charge in [0.2, 0.25) is 0 Å². The van der Waals surface area contributed by atoms with Gasteiger partial charge in [-0.05, 0) is 12.5 Å². The van der Waals surface area contributed by atoms with Gasteiger partial charge in [-0.15, -0.1) is 0 Å². The molecule has 0 aliphatic rings. The summed E-state index contributed by atoms with van der Waals surface area (Å²) < 4.78 is 4.95. The van der Waals surface area contributed by atoms with Gasteiger partial charge in [0.25, 0.3) is 0 Å². The van der Waals surface area contributed by atoms with Gasteiger partial charge in [-0.2, -0.15) is 0 Å². The highest BCUT2D eigenvalue weighted by Crippen LogP contribution is 2.19. The molecule has 1 atom stereocenters. The second-order valence-corrected chi connectivity index (χ2v) is 5.83. The van der Waals surface area contributed by atoms with E-state index in [1.807, 2.05) is 11.9 Å². The minimum absolute atomic E-state index is 0.447. The SMILES string of the molecule is COCCN(C)CCNC(=O)NC(C(=O)O)C(C)(C)C. The van der Waals surface area contributed by atoms with Crippen molar-refractivity contribution in [1.29, 1.82) is 0 Å². The molecule has 0 radical (unpaired) electrons. The first-order chi connectivity index (χ1) is 9.18. The maximum Gasteiger partial charge on any atom is 0.326 e. The van der Waals surface area contributed by atoms with E-state index in [-0.39, 0.29) is 0 Å². The normalized spacial score (nSPS) is 13.1. The van der Waals surface area contributed by atoms with E-state index in [9.17, 15) is 9.59 Å². The summed E-state index contributed by atoms with van der Waals surface area (Å²) in [7, 11) is 3.56. The molecule has 1 unspecified atom stereocenters. The molecule has 0 bridgehead atoms. The molecule has 0 spiro atoms. The summed E-state index contributed by atoms with van der Waals surface area (Å²) in [5.41, 5.74) is -0.543. The van der Waals surface area contributed by atoms with Gasteiger partial charge in [-0.1, -0.05) is 20.8 Å². The molecule has 20 heavy (non-hydrogen) atoms. The lowest BCUT2D eigenvalue weighted by molar-refractivity contribution is -0.141. The van der Waals surface area contributed by atoms with E-state index in [1.165, 1.54) is 0 Å². The summed E-state index contributed by atoms with van der Waals surface area (Å²) >= 11 is 0. The van der Waals surface area contributed by atoms with Crippen molar-refractivity contribution in [3.05, 3.63) is 0 Å². The maximum absolute atomic E-state index is 11.7. The van der Waals surface area contributed by atoms with Crippen LogP contribution in [-0.4, -0.2) is 68.4 Å². The summed E-state index contributed by atoms with van der Waals surface area (Å²) in [6.45, 7) is 7.83. The van der Waals surface area contributed by atoms with Gasteiger partial charge in [0.05, 0.1) is 6.61 Å². The van der Waals surface area contributed by atoms with Crippen molar-refractivity contribution in [3.63, 3.8) is 0 Å². The van der Waals surface area contributed by atoms with Crippen molar-refractivity contribution in [3.8, 4) is 0 Å². The highest BCUT2D eigenvalue weighted by atomic mass is 16.5. The molecule has 0 fully saturated rings. The molecule has 0 saturated carbocycles. The minimum Gasteiger partial charge on any atom is -0.480 e. The number of nitrogens with zero attached hydrogens (tertiary/aromatic N) is 1. The van der Waals surface area contributed by atoms with Crippen LogP contribution in [0.25, 0.3) is 0 Å². The van der Waals surface area contributed by atoms with Gasteiger partial charge in [-0.25, -0.2) is 9.59 Å². The number of methoxy groups -OCH3 is 1. The molecule has 0 aromatic rings. The quantitative estimate of drug-likeness (QED) is 0.600. The van der Waals surface area contributed by atoms with Crippen molar-refractivity contribution < 1.29 is 19.4 Å². The lowest BCUT2D eigenvalue weighted by atomic mass is 9.87. The molecule has 0 aliphatic carbocycles. The fraction of sp³-hybridized carbons (Fsp3) is 0.846. The van der Waals surface area contributed by atoms with Crippen molar-refractivity contribution >= 4 is 12.0 Å². The van der Waals surface area contributed by atoms with Gasteiger partial charge >= 0.3 is 12.0 Å². The van der Waals surface area contributed by atoms with E-state index >= 15 is 0 Å². The maximum atomic E-state index is 11.7. The molecule has 7 heteroatoms. The van der Waals surface area contributed by atoms with E-state index in [0.717, 1.165) is 6.54 Å². The molecule has 0 aliphatic heterocycles.